The number of benzene rings is 1. The highest BCUT2D eigenvalue weighted by molar-refractivity contribution is 7.52. The number of para-hydroxylation sites is 1. The van der Waals surface area contributed by atoms with Gasteiger partial charge in [-0.3, -0.25) is 13.9 Å². The number of nitrogens with two attached hydrogens (primary N) is 1. The molecule has 7 atom stereocenters. The first kappa shape index (κ1) is 32.9. The van der Waals surface area contributed by atoms with Gasteiger partial charge in [-0.05, 0) is 52.3 Å². The summed E-state index contributed by atoms with van der Waals surface area (Å²) < 4.78 is 43.0. The van der Waals surface area contributed by atoms with Crippen molar-refractivity contribution in [1.29, 1.82) is 0 Å². The predicted octanol–water partition coefficient (Wildman–Crippen LogP) is 2.59. The molecule has 2 aromatic heterocycles. The van der Waals surface area contributed by atoms with Crippen LogP contribution in [-0.4, -0.2) is 78.5 Å². The quantitative estimate of drug-likeness (QED) is 0.0526. The summed E-state index contributed by atoms with van der Waals surface area (Å²) in [5.74, 6) is -0.741. The normalized spacial score (nSPS) is 24.3. The molecule has 0 bridgehead atoms. The highest BCUT2D eigenvalue weighted by Crippen LogP contribution is 2.50. The molecule has 19 heteroatoms. The van der Waals surface area contributed by atoms with Gasteiger partial charge >= 0.3 is 13.7 Å². The Morgan fingerprint density at radius 1 is 1.32 bits per heavy atom. The molecule has 4 rings (SSSR count). The van der Waals surface area contributed by atoms with Crippen LogP contribution in [0.4, 0.5) is 5.95 Å². The zero-order valence-electron chi connectivity index (χ0n) is 24.5. The molecule has 44 heavy (non-hydrogen) atoms. The molecule has 1 fully saturated rings. The summed E-state index contributed by atoms with van der Waals surface area (Å²) in [6.45, 7) is 8.02. The number of hydrogen-bond donors (Lipinski definition) is 4. The van der Waals surface area contributed by atoms with E-state index in [1.54, 1.807) is 39.0 Å². The number of aliphatic hydroxyl groups is 2. The molecule has 1 aliphatic rings. The zero-order chi connectivity index (χ0) is 32.2. The topological polar surface area (TPSA) is 251 Å². The summed E-state index contributed by atoms with van der Waals surface area (Å²) >= 11 is 0. The summed E-state index contributed by atoms with van der Waals surface area (Å²) in [5, 5.41) is 28.7. The van der Waals surface area contributed by atoms with Crippen LogP contribution in [0, 0.1) is 0 Å². The zero-order valence-corrected chi connectivity index (χ0v) is 25.4. The lowest BCUT2D eigenvalue weighted by Gasteiger charge is -2.29. The van der Waals surface area contributed by atoms with Crippen molar-refractivity contribution in [2.75, 3.05) is 12.3 Å². The highest BCUT2D eigenvalue weighted by Gasteiger charge is 2.57. The van der Waals surface area contributed by atoms with E-state index in [0.717, 1.165) is 0 Å². The van der Waals surface area contributed by atoms with Crippen LogP contribution in [0.5, 0.6) is 11.6 Å². The molecule has 5 N–H and O–H groups in total. The van der Waals surface area contributed by atoms with E-state index in [-0.39, 0.29) is 35.3 Å². The molecule has 2 unspecified atom stereocenters. The van der Waals surface area contributed by atoms with E-state index in [1.807, 2.05) is 0 Å². The van der Waals surface area contributed by atoms with Gasteiger partial charge in [0.1, 0.15) is 29.5 Å². The van der Waals surface area contributed by atoms with Crippen LogP contribution in [-0.2, 0) is 23.4 Å². The Bertz CT molecular complexity index is 1570. The molecule has 1 aliphatic heterocycles. The first-order valence-corrected chi connectivity index (χ1v) is 15.1. The number of ether oxygens (including phenoxy) is 3. The fourth-order valence-corrected chi connectivity index (χ4v) is 6.00. The number of anilines is 1. The first-order valence-electron chi connectivity index (χ1n) is 13.5. The number of aliphatic hydroxyl groups excluding tert-OH is 2. The lowest BCUT2D eigenvalue weighted by Crippen LogP contribution is -2.46. The van der Waals surface area contributed by atoms with E-state index in [9.17, 15) is 25.1 Å². The molecule has 0 saturated carbocycles. The van der Waals surface area contributed by atoms with Crippen LogP contribution in [0.3, 0.4) is 0 Å². The van der Waals surface area contributed by atoms with Crippen LogP contribution in [0.2, 0.25) is 0 Å². The Kier molecular flexibility index (Phi) is 9.95. The monoisotopic (exact) mass is 635 g/mol. The molecule has 0 amide bonds. The van der Waals surface area contributed by atoms with Crippen LogP contribution in [0.15, 0.2) is 41.8 Å². The van der Waals surface area contributed by atoms with Gasteiger partial charge in [0.25, 0.3) is 0 Å². The molecule has 3 aromatic rings. The minimum absolute atomic E-state index is 0.0805. The summed E-state index contributed by atoms with van der Waals surface area (Å²) in [7, 11) is -4.59. The second-order valence-electron chi connectivity index (χ2n) is 10.2. The summed E-state index contributed by atoms with van der Waals surface area (Å²) in [4.78, 5) is 27.8. The number of nitrogen functional groups attached to an aromatic ring is 1. The molecule has 18 nitrogen and oxygen atoms in total. The maximum atomic E-state index is 14.0. The average Bonchev–Trinajstić information content (AvgIpc) is 3.47. The van der Waals surface area contributed by atoms with Crippen molar-refractivity contribution in [1.82, 2.24) is 24.6 Å². The number of carbonyl (C=O) groups is 1. The third-order valence-electron chi connectivity index (χ3n) is 6.45. The van der Waals surface area contributed by atoms with Crippen molar-refractivity contribution >= 4 is 30.8 Å². The number of fused-ring (bicyclic) bond motifs is 1. The van der Waals surface area contributed by atoms with Gasteiger partial charge in [0.15, 0.2) is 23.7 Å². The number of aromatic nitrogens is 4. The molecule has 0 aliphatic carbocycles. The van der Waals surface area contributed by atoms with Gasteiger partial charge in [-0.25, -0.2) is 9.55 Å². The van der Waals surface area contributed by atoms with E-state index < -0.39 is 56.1 Å². The summed E-state index contributed by atoms with van der Waals surface area (Å²) in [6.07, 6.45) is -6.10. The summed E-state index contributed by atoms with van der Waals surface area (Å²) in [6, 6.07) is 6.65. The van der Waals surface area contributed by atoms with Gasteiger partial charge in [0, 0.05) is 4.91 Å². The summed E-state index contributed by atoms with van der Waals surface area (Å²) in [5.41, 5.74) is 13.8. The Hall–Kier alpha value is -4.02. The van der Waals surface area contributed by atoms with Crippen LogP contribution in [0.25, 0.3) is 21.6 Å². The molecule has 1 aromatic carbocycles. The van der Waals surface area contributed by atoms with Gasteiger partial charge in [-0.2, -0.15) is 15.1 Å². The van der Waals surface area contributed by atoms with E-state index >= 15 is 0 Å². The van der Waals surface area contributed by atoms with Crippen molar-refractivity contribution < 1.29 is 42.8 Å². The lowest BCUT2D eigenvalue weighted by molar-refractivity contribution is -0.158. The Balaban J connectivity index is 1.67. The Labute approximate surface area is 251 Å². The van der Waals surface area contributed by atoms with Gasteiger partial charge in [-0.15, -0.1) is 0 Å². The second kappa shape index (κ2) is 13.3. The molecule has 0 radical (unpaired) electrons. The number of nitrogens with one attached hydrogen (secondary N) is 1. The highest BCUT2D eigenvalue weighted by atomic mass is 31.2. The van der Waals surface area contributed by atoms with Crippen molar-refractivity contribution in [2.45, 2.75) is 77.0 Å². The number of rotatable bonds is 13. The average molecular weight is 636 g/mol. The molecule has 238 valence electrons. The molecule has 1 saturated heterocycles. The van der Waals surface area contributed by atoms with E-state index in [2.05, 4.69) is 30.1 Å². The standard InChI is InChI=1S/C25H34N9O9P/c1-6-39-20-16-19(29-24(26)30-20)34(12-28-16)23-25(5,32-33-27)18(35)17(41-23)22(37)43-44(38,42-15-10-8-7-9-11-15)31-14(4)21(36)40-13(2)3/h7-14,17-18,22-23,35,37H,6H2,1-5H3,(H,31,38)(H2,26,29,30)/t14-,17-,18+,22?,23+,25+,44?/m0/s1. The van der Waals surface area contributed by atoms with Gasteiger partial charge < -0.3 is 34.7 Å². The third kappa shape index (κ3) is 6.87. The lowest BCUT2D eigenvalue weighted by atomic mass is 9.93. The predicted molar refractivity (Wildman–Crippen MR) is 154 cm³/mol. The number of imidazole rings is 1. The van der Waals surface area contributed by atoms with Crippen LogP contribution >= 0.6 is 7.75 Å². The van der Waals surface area contributed by atoms with Crippen LogP contribution in [0.1, 0.15) is 40.8 Å². The minimum atomic E-state index is -4.59. The minimum Gasteiger partial charge on any atom is -0.476 e. The number of carbonyl (C=O) groups excluding carboxylic acids is 1. The molecule has 3 heterocycles. The van der Waals surface area contributed by atoms with Crippen molar-refractivity contribution in [3.8, 4) is 11.6 Å². The SMILES string of the molecule is CCOc1nc(N)nc2c1ncn2[C@@H]1O[C@H](C(O)OP(=O)(N[C@@H](C)C(=O)OC(C)C)Oc2ccccc2)[C@@H](O)[C@@]1(C)N=[N+]=[N-]. The Morgan fingerprint density at radius 3 is 2.66 bits per heavy atom. The second-order valence-corrected chi connectivity index (χ2v) is 11.8. The first-order chi connectivity index (χ1) is 20.8. The van der Waals surface area contributed by atoms with Crippen LogP contribution < -0.4 is 20.1 Å². The third-order valence-corrected chi connectivity index (χ3v) is 8.10. The smallest absolute Gasteiger partial charge is 0.461 e. The number of hydrogen-bond acceptors (Lipinski definition) is 14. The molecule has 0 spiro atoms. The van der Waals surface area contributed by atoms with Crippen molar-refractivity contribution in [2.24, 2.45) is 5.11 Å². The van der Waals surface area contributed by atoms with E-state index in [1.165, 1.54) is 36.9 Å². The van der Waals surface area contributed by atoms with Crippen molar-refractivity contribution in [3.05, 3.63) is 47.1 Å². The number of nitrogens with zero attached hydrogens (tertiary/aromatic N) is 7. The van der Waals surface area contributed by atoms with E-state index in [0.29, 0.717) is 0 Å². The molecular weight excluding hydrogens is 601 g/mol. The maximum absolute atomic E-state index is 14.0. The largest absolute Gasteiger partial charge is 0.476 e. The maximum Gasteiger partial charge on any atom is 0.461 e. The van der Waals surface area contributed by atoms with Gasteiger partial charge in [0.05, 0.1) is 19.0 Å². The van der Waals surface area contributed by atoms with Gasteiger partial charge in [-0.1, -0.05) is 23.3 Å². The van der Waals surface area contributed by atoms with Gasteiger partial charge in [0.2, 0.25) is 11.8 Å². The fourth-order valence-electron chi connectivity index (χ4n) is 4.46. The fraction of sp³-hybridized carbons (Fsp3) is 0.520. The Morgan fingerprint density at radius 2 is 2.02 bits per heavy atom. The van der Waals surface area contributed by atoms with E-state index in [4.69, 9.17) is 29.0 Å². The number of azide groups is 1. The van der Waals surface area contributed by atoms with Crippen molar-refractivity contribution in [3.63, 3.8) is 0 Å². The molecular formula is C25H34N9O9P. The number of esters is 1.